The molecule has 0 radical (unpaired) electrons. The highest BCUT2D eigenvalue weighted by atomic mass is 35.5. The number of hydrogen-bond donors (Lipinski definition) is 1. The number of nitrogens with one attached hydrogen (secondary N) is 1. The summed E-state index contributed by atoms with van der Waals surface area (Å²) in [6.45, 7) is 3.67. The third-order valence-electron chi connectivity index (χ3n) is 4.33. The SMILES string of the molecule is C[C@H](NC(=O)[C@@H](C)Sc1nnc(-c2ccccc2Cl)n1C)c1ccc(F)cc1. The molecule has 0 spiro atoms. The Labute approximate surface area is 172 Å². The van der Waals surface area contributed by atoms with E-state index in [0.29, 0.717) is 16.0 Å². The zero-order valence-corrected chi connectivity index (χ0v) is 17.3. The van der Waals surface area contributed by atoms with Crippen LogP contribution in [0.3, 0.4) is 0 Å². The van der Waals surface area contributed by atoms with Crippen molar-refractivity contribution in [2.75, 3.05) is 0 Å². The maximum absolute atomic E-state index is 13.1. The van der Waals surface area contributed by atoms with Crippen molar-refractivity contribution in [1.29, 1.82) is 0 Å². The van der Waals surface area contributed by atoms with Crippen LogP contribution in [-0.2, 0) is 11.8 Å². The van der Waals surface area contributed by atoms with Gasteiger partial charge in [0.1, 0.15) is 5.82 Å². The maximum Gasteiger partial charge on any atom is 0.233 e. The average molecular weight is 419 g/mol. The van der Waals surface area contributed by atoms with E-state index in [4.69, 9.17) is 11.6 Å². The molecule has 5 nitrogen and oxygen atoms in total. The quantitative estimate of drug-likeness (QED) is 0.593. The predicted octanol–water partition coefficient (Wildman–Crippen LogP) is 4.63. The fourth-order valence-electron chi connectivity index (χ4n) is 2.67. The molecular formula is C20H20ClFN4OS. The van der Waals surface area contributed by atoms with E-state index in [1.165, 1.54) is 23.9 Å². The van der Waals surface area contributed by atoms with Crippen molar-refractivity contribution in [3.63, 3.8) is 0 Å². The molecule has 2 aromatic carbocycles. The molecule has 0 aliphatic heterocycles. The molecule has 0 aliphatic rings. The summed E-state index contributed by atoms with van der Waals surface area (Å²) < 4.78 is 14.9. The Morgan fingerprint density at radius 2 is 1.82 bits per heavy atom. The van der Waals surface area contributed by atoms with Gasteiger partial charge < -0.3 is 9.88 Å². The first-order valence-electron chi connectivity index (χ1n) is 8.73. The lowest BCUT2D eigenvalue weighted by molar-refractivity contribution is -0.120. The number of thioether (sulfide) groups is 1. The van der Waals surface area contributed by atoms with Gasteiger partial charge in [-0.2, -0.15) is 0 Å². The number of carbonyl (C=O) groups is 1. The molecule has 146 valence electrons. The fraction of sp³-hybridized carbons (Fsp3) is 0.250. The monoisotopic (exact) mass is 418 g/mol. The van der Waals surface area contributed by atoms with E-state index in [1.54, 1.807) is 25.1 Å². The Bertz CT molecular complexity index is 977. The van der Waals surface area contributed by atoms with Crippen molar-refractivity contribution in [2.24, 2.45) is 7.05 Å². The van der Waals surface area contributed by atoms with Crippen LogP contribution >= 0.6 is 23.4 Å². The second-order valence-corrected chi connectivity index (χ2v) is 8.10. The second kappa shape index (κ2) is 8.75. The van der Waals surface area contributed by atoms with Crippen molar-refractivity contribution in [3.8, 4) is 11.4 Å². The Morgan fingerprint density at radius 3 is 2.50 bits per heavy atom. The summed E-state index contributed by atoms with van der Waals surface area (Å²) in [5, 5.41) is 12.2. The average Bonchev–Trinajstić information content (AvgIpc) is 3.03. The summed E-state index contributed by atoms with van der Waals surface area (Å²) in [7, 11) is 1.84. The number of carbonyl (C=O) groups excluding carboxylic acids is 1. The number of aromatic nitrogens is 3. The first-order chi connectivity index (χ1) is 13.4. The van der Waals surface area contributed by atoms with Gasteiger partial charge in [0.25, 0.3) is 0 Å². The zero-order valence-electron chi connectivity index (χ0n) is 15.7. The largest absolute Gasteiger partial charge is 0.349 e. The van der Waals surface area contributed by atoms with Crippen LogP contribution in [0, 0.1) is 5.82 Å². The molecule has 1 heterocycles. The Kier molecular flexibility index (Phi) is 6.36. The third-order valence-corrected chi connectivity index (χ3v) is 5.79. The Balaban J connectivity index is 1.67. The lowest BCUT2D eigenvalue weighted by Crippen LogP contribution is -2.33. The molecule has 0 saturated heterocycles. The molecule has 28 heavy (non-hydrogen) atoms. The first kappa shape index (κ1) is 20.4. The molecule has 0 fully saturated rings. The van der Waals surface area contributed by atoms with E-state index >= 15 is 0 Å². The van der Waals surface area contributed by atoms with Gasteiger partial charge in [-0.05, 0) is 43.7 Å². The van der Waals surface area contributed by atoms with Crippen molar-refractivity contribution < 1.29 is 9.18 Å². The molecule has 2 atom stereocenters. The molecule has 8 heteroatoms. The van der Waals surface area contributed by atoms with Gasteiger partial charge in [0, 0.05) is 12.6 Å². The van der Waals surface area contributed by atoms with Crippen molar-refractivity contribution in [3.05, 3.63) is 64.9 Å². The van der Waals surface area contributed by atoms with Gasteiger partial charge in [0.2, 0.25) is 5.91 Å². The van der Waals surface area contributed by atoms with Gasteiger partial charge in [-0.25, -0.2) is 4.39 Å². The Hall–Kier alpha value is -2.38. The predicted molar refractivity (Wildman–Crippen MR) is 110 cm³/mol. The van der Waals surface area contributed by atoms with Crippen LogP contribution in [0.2, 0.25) is 5.02 Å². The lowest BCUT2D eigenvalue weighted by Gasteiger charge is -2.17. The summed E-state index contributed by atoms with van der Waals surface area (Å²) in [4.78, 5) is 12.6. The summed E-state index contributed by atoms with van der Waals surface area (Å²) in [6, 6.07) is 13.3. The zero-order chi connectivity index (χ0) is 20.3. The number of benzene rings is 2. The van der Waals surface area contributed by atoms with Crippen LogP contribution in [0.5, 0.6) is 0 Å². The molecule has 3 rings (SSSR count). The Morgan fingerprint density at radius 1 is 1.14 bits per heavy atom. The maximum atomic E-state index is 13.1. The topological polar surface area (TPSA) is 59.8 Å². The lowest BCUT2D eigenvalue weighted by atomic mass is 10.1. The number of nitrogens with zero attached hydrogens (tertiary/aromatic N) is 3. The van der Waals surface area contributed by atoms with Crippen molar-refractivity contribution in [2.45, 2.75) is 30.3 Å². The van der Waals surface area contributed by atoms with E-state index in [0.717, 1.165) is 11.1 Å². The van der Waals surface area contributed by atoms with Crippen LogP contribution in [0.15, 0.2) is 53.7 Å². The van der Waals surface area contributed by atoms with Crippen LogP contribution in [0.1, 0.15) is 25.5 Å². The van der Waals surface area contributed by atoms with Crippen molar-refractivity contribution >= 4 is 29.3 Å². The minimum Gasteiger partial charge on any atom is -0.349 e. The van der Waals surface area contributed by atoms with E-state index in [1.807, 2.05) is 36.7 Å². The van der Waals surface area contributed by atoms with Crippen molar-refractivity contribution in [1.82, 2.24) is 20.1 Å². The minimum atomic E-state index is -0.384. The van der Waals surface area contributed by atoms with E-state index in [-0.39, 0.29) is 23.0 Å². The molecule has 0 saturated carbocycles. The van der Waals surface area contributed by atoms with Gasteiger partial charge in [0.15, 0.2) is 11.0 Å². The standard InChI is InChI=1S/C20H20ClFN4OS/c1-12(14-8-10-15(22)11-9-14)23-19(27)13(2)28-20-25-24-18(26(20)3)16-6-4-5-7-17(16)21/h4-13H,1-3H3,(H,23,27)/t12-,13+/m0/s1. The summed E-state index contributed by atoms with van der Waals surface area (Å²) in [6.07, 6.45) is 0. The summed E-state index contributed by atoms with van der Waals surface area (Å²) >= 11 is 7.56. The first-order valence-corrected chi connectivity index (χ1v) is 9.99. The van der Waals surface area contributed by atoms with Gasteiger partial charge in [-0.15, -0.1) is 10.2 Å². The molecular weight excluding hydrogens is 399 g/mol. The van der Waals surface area contributed by atoms with E-state index < -0.39 is 0 Å². The van der Waals surface area contributed by atoms with Crippen LogP contribution in [0.25, 0.3) is 11.4 Å². The van der Waals surface area contributed by atoms with Crippen LogP contribution in [0.4, 0.5) is 4.39 Å². The van der Waals surface area contributed by atoms with Crippen LogP contribution < -0.4 is 5.32 Å². The summed E-state index contributed by atoms with van der Waals surface area (Å²) in [5.74, 6) is 0.201. The minimum absolute atomic E-state index is 0.135. The number of halogens is 2. The van der Waals surface area contributed by atoms with E-state index in [9.17, 15) is 9.18 Å². The number of rotatable bonds is 6. The molecule has 0 unspecified atom stereocenters. The molecule has 0 aliphatic carbocycles. The van der Waals surface area contributed by atoms with Gasteiger partial charge in [-0.3, -0.25) is 4.79 Å². The molecule has 1 N–H and O–H groups in total. The molecule has 1 amide bonds. The number of hydrogen-bond acceptors (Lipinski definition) is 4. The highest BCUT2D eigenvalue weighted by molar-refractivity contribution is 8.00. The highest BCUT2D eigenvalue weighted by Crippen LogP contribution is 2.29. The second-order valence-electron chi connectivity index (χ2n) is 6.39. The van der Waals surface area contributed by atoms with Gasteiger partial charge in [0.05, 0.1) is 16.3 Å². The fourth-order valence-corrected chi connectivity index (χ4v) is 3.72. The molecule has 3 aromatic rings. The number of amides is 1. The van der Waals surface area contributed by atoms with Crippen LogP contribution in [-0.4, -0.2) is 25.9 Å². The summed E-state index contributed by atoms with van der Waals surface area (Å²) in [5.41, 5.74) is 1.62. The molecule has 0 bridgehead atoms. The van der Waals surface area contributed by atoms with Gasteiger partial charge in [-0.1, -0.05) is 47.6 Å². The molecule has 1 aromatic heterocycles. The third kappa shape index (κ3) is 4.54. The highest BCUT2D eigenvalue weighted by Gasteiger charge is 2.21. The normalized spacial score (nSPS) is 13.2. The van der Waals surface area contributed by atoms with Gasteiger partial charge >= 0.3 is 0 Å². The smallest absolute Gasteiger partial charge is 0.233 e. The van der Waals surface area contributed by atoms with E-state index in [2.05, 4.69) is 15.5 Å².